The summed E-state index contributed by atoms with van der Waals surface area (Å²) in [5, 5.41) is 11.1. The molecule has 31 heavy (non-hydrogen) atoms. The van der Waals surface area contributed by atoms with E-state index in [1.165, 1.54) is 18.2 Å². The van der Waals surface area contributed by atoms with Gasteiger partial charge in [0.05, 0.1) is 9.79 Å². The quantitative estimate of drug-likeness (QED) is 0.349. The van der Waals surface area contributed by atoms with Gasteiger partial charge in [-0.2, -0.15) is 9.59 Å². The maximum atomic E-state index is 12.7. The summed E-state index contributed by atoms with van der Waals surface area (Å²) < 4.78 is 30.5. The summed E-state index contributed by atoms with van der Waals surface area (Å²) in [5.74, 6) is 0. The molecular formula is C21H14N2O7S. The molecule has 0 saturated carbocycles. The van der Waals surface area contributed by atoms with E-state index in [2.05, 4.69) is 0 Å². The van der Waals surface area contributed by atoms with E-state index in [0.29, 0.717) is 11.1 Å². The van der Waals surface area contributed by atoms with E-state index in [4.69, 9.17) is 4.74 Å². The molecule has 0 unspecified atom stereocenters. The van der Waals surface area contributed by atoms with Crippen LogP contribution in [-0.4, -0.2) is 25.5 Å². The standard InChI is InChI=1S/C21H14N2O7S/c24-20(23(26)27)22(21(25)30-13-14-6-2-1-3-7-14)15-10-11-19-17(12-15)16-8-4-5-9-18(16)31(19,28)29/h1-12H,13H2. The van der Waals surface area contributed by atoms with E-state index >= 15 is 0 Å². The summed E-state index contributed by atoms with van der Waals surface area (Å²) in [7, 11) is -3.76. The number of rotatable bonds is 3. The lowest BCUT2D eigenvalue weighted by atomic mass is 10.1. The molecule has 0 spiro atoms. The Hall–Kier alpha value is -4.05. The van der Waals surface area contributed by atoms with E-state index in [0.717, 1.165) is 6.07 Å². The second-order valence-corrected chi connectivity index (χ2v) is 8.48. The van der Waals surface area contributed by atoms with Crippen molar-refractivity contribution < 1.29 is 27.7 Å². The first-order valence-corrected chi connectivity index (χ1v) is 10.5. The molecule has 156 valence electrons. The van der Waals surface area contributed by atoms with Crippen LogP contribution < -0.4 is 4.90 Å². The van der Waals surface area contributed by atoms with E-state index < -0.39 is 26.9 Å². The first-order valence-electron chi connectivity index (χ1n) is 8.98. The number of nitrogens with zero attached hydrogens (tertiary/aromatic N) is 2. The van der Waals surface area contributed by atoms with Crippen LogP contribution in [0.3, 0.4) is 0 Å². The number of carbonyl (C=O) groups excluding carboxylic acids is 2. The Balaban J connectivity index is 1.73. The zero-order chi connectivity index (χ0) is 22.2. The fourth-order valence-electron chi connectivity index (χ4n) is 3.30. The van der Waals surface area contributed by atoms with Crippen molar-refractivity contribution >= 4 is 27.6 Å². The summed E-state index contributed by atoms with van der Waals surface area (Å²) in [6, 6.07) is 16.7. The van der Waals surface area contributed by atoms with Crippen molar-refractivity contribution in [3.8, 4) is 11.1 Å². The molecule has 3 aromatic carbocycles. The van der Waals surface area contributed by atoms with Crippen molar-refractivity contribution in [2.75, 3.05) is 4.90 Å². The molecule has 0 aromatic heterocycles. The Kier molecular flexibility index (Phi) is 4.99. The Morgan fingerprint density at radius 1 is 0.903 bits per heavy atom. The number of amides is 3. The molecule has 9 nitrogen and oxygen atoms in total. The first-order chi connectivity index (χ1) is 14.8. The van der Waals surface area contributed by atoms with Crippen molar-refractivity contribution in [2.45, 2.75) is 16.4 Å². The number of hydrogen-bond donors (Lipinski definition) is 0. The molecular weight excluding hydrogens is 424 g/mol. The average molecular weight is 438 g/mol. The average Bonchev–Trinajstić information content (AvgIpc) is 3.00. The highest BCUT2D eigenvalue weighted by Gasteiger charge is 2.40. The zero-order valence-corrected chi connectivity index (χ0v) is 16.6. The van der Waals surface area contributed by atoms with Crippen LogP contribution in [0, 0.1) is 10.1 Å². The highest BCUT2D eigenvalue weighted by molar-refractivity contribution is 7.92. The molecule has 1 heterocycles. The molecule has 0 radical (unpaired) electrons. The number of fused-ring (bicyclic) bond motifs is 3. The summed E-state index contributed by atoms with van der Waals surface area (Å²) in [6.07, 6.45) is -1.25. The largest absolute Gasteiger partial charge is 0.550 e. The topological polar surface area (TPSA) is 124 Å². The molecule has 1 aliphatic heterocycles. The predicted molar refractivity (Wildman–Crippen MR) is 109 cm³/mol. The lowest BCUT2D eigenvalue weighted by Crippen LogP contribution is -2.40. The number of imide groups is 1. The van der Waals surface area contributed by atoms with E-state index in [9.17, 15) is 28.1 Å². The van der Waals surface area contributed by atoms with Crippen LogP contribution in [0.25, 0.3) is 11.1 Å². The van der Waals surface area contributed by atoms with Gasteiger partial charge in [-0.1, -0.05) is 53.4 Å². The van der Waals surface area contributed by atoms with Gasteiger partial charge in [0.15, 0.2) is 0 Å². The summed E-state index contributed by atoms with van der Waals surface area (Å²) in [6.45, 7) is -0.205. The van der Waals surface area contributed by atoms with Crippen molar-refractivity contribution in [3.05, 3.63) is 88.5 Å². The lowest BCUT2D eigenvalue weighted by molar-refractivity contribution is -0.370. The zero-order valence-electron chi connectivity index (χ0n) is 15.8. The van der Waals surface area contributed by atoms with Gasteiger partial charge in [0.1, 0.15) is 12.3 Å². The lowest BCUT2D eigenvalue weighted by Gasteiger charge is -2.13. The number of anilines is 1. The molecule has 0 bridgehead atoms. The van der Waals surface area contributed by atoms with Crippen LogP contribution in [0.15, 0.2) is 82.6 Å². The smallest absolute Gasteiger partial charge is 0.426 e. The van der Waals surface area contributed by atoms with E-state index in [1.54, 1.807) is 48.5 Å². The van der Waals surface area contributed by atoms with Crippen LogP contribution in [0.1, 0.15) is 5.56 Å². The second kappa shape index (κ2) is 7.65. The van der Waals surface area contributed by atoms with Gasteiger partial charge < -0.3 is 14.9 Å². The fourth-order valence-corrected chi connectivity index (χ4v) is 4.97. The molecule has 3 aromatic rings. The van der Waals surface area contributed by atoms with Crippen LogP contribution in [-0.2, 0) is 21.2 Å². The normalized spacial score (nSPS) is 13.0. The van der Waals surface area contributed by atoms with Gasteiger partial charge in [0.25, 0.3) is 0 Å². The molecule has 0 saturated heterocycles. The molecule has 1 aliphatic rings. The minimum atomic E-state index is -3.76. The van der Waals surface area contributed by atoms with Crippen molar-refractivity contribution in [1.29, 1.82) is 0 Å². The Labute approximate surface area is 176 Å². The van der Waals surface area contributed by atoms with Crippen molar-refractivity contribution in [2.24, 2.45) is 0 Å². The number of ether oxygens (including phenoxy) is 1. The fraction of sp³-hybridized carbons (Fsp3) is 0.0476. The van der Waals surface area contributed by atoms with Gasteiger partial charge in [-0.3, -0.25) is 0 Å². The predicted octanol–water partition coefficient (Wildman–Crippen LogP) is 4.04. The second-order valence-electron chi connectivity index (χ2n) is 6.60. The minimum Gasteiger partial charge on any atom is -0.426 e. The van der Waals surface area contributed by atoms with Crippen molar-refractivity contribution in [3.63, 3.8) is 0 Å². The number of carbonyl (C=O) groups is 2. The highest BCUT2D eigenvalue weighted by Crippen LogP contribution is 2.44. The molecule has 3 amide bonds. The van der Waals surface area contributed by atoms with Gasteiger partial charge >= 0.3 is 12.1 Å². The van der Waals surface area contributed by atoms with Crippen molar-refractivity contribution in [1.82, 2.24) is 0 Å². The third kappa shape index (κ3) is 3.53. The van der Waals surface area contributed by atoms with Crippen LogP contribution >= 0.6 is 0 Å². The SMILES string of the molecule is O=C(OCc1ccccc1)N(C(=O)[N+](=O)[O-])c1ccc2c(c1)-c1ccccc1S2(=O)=O. The number of sulfone groups is 1. The first kappa shape index (κ1) is 20.2. The molecule has 4 rings (SSSR count). The van der Waals surface area contributed by atoms with E-state index in [1.807, 2.05) is 0 Å². The molecule has 10 heteroatoms. The molecule has 0 N–H and O–H groups in total. The van der Waals surface area contributed by atoms with Gasteiger partial charge in [0.2, 0.25) is 9.84 Å². The number of hydrogen-bond acceptors (Lipinski definition) is 7. The Morgan fingerprint density at radius 2 is 1.55 bits per heavy atom. The number of benzene rings is 3. The number of nitro groups is 1. The maximum absolute atomic E-state index is 12.7. The maximum Gasteiger partial charge on any atom is 0.550 e. The van der Waals surface area contributed by atoms with Crippen LogP contribution in [0.2, 0.25) is 0 Å². The van der Waals surface area contributed by atoms with Crippen LogP contribution in [0.4, 0.5) is 15.3 Å². The third-order valence-electron chi connectivity index (χ3n) is 4.71. The Morgan fingerprint density at radius 3 is 2.26 bits per heavy atom. The van der Waals surface area contributed by atoms with Gasteiger partial charge in [-0.25, -0.2) is 8.42 Å². The molecule has 0 aliphatic carbocycles. The summed E-state index contributed by atoms with van der Waals surface area (Å²) in [4.78, 5) is 35.0. The summed E-state index contributed by atoms with van der Waals surface area (Å²) in [5.41, 5.74) is 1.07. The van der Waals surface area contributed by atoms with Gasteiger partial charge in [0, 0.05) is 16.1 Å². The summed E-state index contributed by atoms with van der Waals surface area (Å²) >= 11 is 0. The monoisotopic (exact) mass is 438 g/mol. The minimum absolute atomic E-state index is 0.0106. The van der Waals surface area contributed by atoms with Crippen LogP contribution in [0.5, 0.6) is 0 Å². The van der Waals surface area contributed by atoms with Gasteiger partial charge in [-0.05, 0) is 29.8 Å². The molecule has 0 fully saturated rings. The Bertz CT molecular complexity index is 1320. The number of urea groups is 1. The van der Waals surface area contributed by atoms with Gasteiger partial charge in [-0.15, -0.1) is 0 Å². The highest BCUT2D eigenvalue weighted by atomic mass is 32.2. The third-order valence-corrected chi connectivity index (χ3v) is 6.58. The van der Waals surface area contributed by atoms with E-state index in [-0.39, 0.29) is 32.5 Å². The molecule has 0 atom stereocenters.